The predicted octanol–water partition coefficient (Wildman–Crippen LogP) is 1.95. The van der Waals surface area contributed by atoms with Gasteiger partial charge in [-0.1, -0.05) is 0 Å². The summed E-state index contributed by atoms with van der Waals surface area (Å²) in [5, 5.41) is 9.79. The molecule has 2 rings (SSSR count). The Bertz CT molecular complexity index is 488. The van der Waals surface area contributed by atoms with Crippen molar-refractivity contribution in [2.75, 3.05) is 6.54 Å². The lowest BCUT2D eigenvalue weighted by molar-refractivity contribution is 0.0394. The van der Waals surface area contributed by atoms with Crippen LogP contribution in [0, 0.1) is 11.6 Å². The molecule has 0 spiro atoms. The molecule has 1 saturated heterocycles. The van der Waals surface area contributed by atoms with E-state index in [-0.39, 0.29) is 5.56 Å². The molecule has 1 fully saturated rings. The van der Waals surface area contributed by atoms with Crippen molar-refractivity contribution in [1.29, 1.82) is 0 Å². The first-order valence-electron chi connectivity index (χ1n) is 5.79. The molecular formula is C13H15F2NO2. The molecular weight excluding hydrogens is 240 g/mol. The minimum Gasteiger partial charge on any atom is -0.391 e. The maximum atomic E-state index is 13.1. The van der Waals surface area contributed by atoms with Gasteiger partial charge in [0.05, 0.1) is 11.6 Å². The molecule has 1 aliphatic heterocycles. The van der Waals surface area contributed by atoms with Gasteiger partial charge in [0.25, 0.3) is 5.91 Å². The fourth-order valence-electron chi connectivity index (χ4n) is 2.22. The van der Waals surface area contributed by atoms with Crippen LogP contribution in [0.15, 0.2) is 18.2 Å². The number of aliphatic hydroxyl groups excluding tert-OH is 1. The Hall–Kier alpha value is -1.49. The van der Waals surface area contributed by atoms with Crippen LogP contribution in [-0.2, 0) is 0 Å². The van der Waals surface area contributed by atoms with Crippen LogP contribution in [0.1, 0.15) is 30.6 Å². The van der Waals surface area contributed by atoms with Gasteiger partial charge in [-0.15, -0.1) is 0 Å². The molecule has 1 amide bonds. The van der Waals surface area contributed by atoms with E-state index in [9.17, 15) is 18.7 Å². The lowest BCUT2D eigenvalue weighted by Crippen LogP contribution is -2.48. The average molecular weight is 255 g/mol. The SMILES string of the molecule is CC1(C)C(O)CCN1C(=O)c1ccc(F)c(F)c1. The number of carbonyl (C=O) groups is 1. The summed E-state index contributed by atoms with van der Waals surface area (Å²) in [7, 11) is 0. The summed E-state index contributed by atoms with van der Waals surface area (Å²) < 4.78 is 25.9. The zero-order valence-electron chi connectivity index (χ0n) is 10.3. The van der Waals surface area contributed by atoms with Crippen molar-refractivity contribution < 1.29 is 18.7 Å². The minimum absolute atomic E-state index is 0.0936. The van der Waals surface area contributed by atoms with Gasteiger partial charge in [0.1, 0.15) is 0 Å². The molecule has 1 aromatic carbocycles. The highest BCUT2D eigenvalue weighted by atomic mass is 19.2. The third-order valence-corrected chi connectivity index (χ3v) is 3.55. The van der Waals surface area contributed by atoms with Crippen molar-refractivity contribution in [2.45, 2.75) is 31.9 Å². The molecule has 1 heterocycles. The highest BCUT2D eigenvalue weighted by Crippen LogP contribution is 2.30. The fourth-order valence-corrected chi connectivity index (χ4v) is 2.22. The van der Waals surface area contributed by atoms with Gasteiger partial charge in [-0.25, -0.2) is 8.78 Å². The van der Waals surface area contributed by atoms with Gasteiger partial charge in [0.2, 0.25) is 0 Å². The van der Waals surface area contributed by atoms with E-state index in [1.54, 1.807) is 13.8 Å². The number of benzene rings is 1. The molecule has 0 aromatic heterocycles. The van der Waals surface area contributed by atoms with Crippen molar-refractivity contribution >= 4 is 5.91 Å². The molecule has 5 heteroatoms. The average Bonchev–Trinajstić information content (AvgIpc) is 2.57. The number of hydrogen-bond acceptors (Lipinski definition) is 2. The summed E-state index contributed by atoms with van der Waals surface area (Å²) in [6.45, 7) is 3.91. The number of nitrogens with zero attached hydrogens (tertiary/aromatic N) is 1. The second-order valence-corrected chi connectivity index (χ2v) is 5.04. The van der Waals surface area contributed by atoms with Crippen LogP contribution in [0.3, 0.4) is 0 Å². The number of carbonyl (C=O) groups excluding carboxylic acids is 1. The van der Waals surface area contributed by atoms with Crippen molar-refractivity contribution in [3.8, 4) is 0 Å². The number of likely N-dealkylation sites (tertiary alicyclic amines) is 1. The van der Waals surface area contributed by atoms with Crippen molar-refractivity contribution in [3.63, 3.8) is 0 Å². The van der Waals surface area contributed by atoms with E-state index in [0.29, 0.717) is 13.0 Å². The summed E-state index contributed by atoms with van der Waals surface area (Å²) in [4.78, 5) is 13.7. The Morgan fingerprint density at radius 1 is 1.39 bits per heavy atom. The largest absolute Gasteiger partial charge is 0.391 e. The van der Waals surface area contributed by atoms with Crippen molar-refractivity contribution in [2.24, 2.45) is 0 Å². The molecule has 0 aliphatic carbocycles. The standard InChI is InChI=1S/C13H15F2NO2/c1-13(2)11(17)5-6-16(13)12(18)8-3-4-9(14)10(15)7-8/h3-4,7,11,17H,5-6H2,1-2H3. The van der Waals surface area contributed by atoms with Crippen LogP contribution >= 0.6 is 0 Å². The van der Waals surface area contributed by atoms with E-state index in [0.717, 1.165) is 12.1 Å². The van der Waals surface area contributed by atoms with E-state index in [1.165, 1.54) is 11.0 Å². The second-order valence-electron chi connectivity index (χ2n) is 5.04. The third kappa shape index (κ3) is 1.99. The van der Waals surface area contributed by atoms with Gasteiger partial charge >= 0.3 is 0 Å². The molecule has 1 unspecified atom stereocenters. The number of amides is 1. The van der Waals surface area contributed by atoms with Crippen LogP contribution in [0.4, 0.5) is 8.78 Å². The van der Waals surface area contributed by atoms with Gasteiger partial charge in [0.15, 0.2) is 11.6 Å². The molecule has 1 aromatic rings. The van der Waals surface area contributed by atoms with Crippen LogP contribution in [0.2, 0.25) is 0 Å². The van der Waals surface area contributed by atoms with Gasteiger partial charge in [-0.3, -0.25) is 4.79 Å². The van der Waals surface area contributed by atoms with E-state index in [1.807, 2.05) is 0 Å². The topological polar surface area (TPSA) is 40.5 Å². The Morgan fingerprint density at radius 2 is 2.06 bits per heavy atom. The quantitative estimate of drug-likeness (QED) is 0.833. The Labute approximate surface area is 104 Å². The van der Waals surface area contributed by atoms with Crippen LogP contribution in [0.5, 0.6) is 0 Å². The zero-order chi connectivity index (χ0) is 13.5. The van der Waals surface area contributed by atoms with Gasteiger partial charge < -0.3 is 10.0 Å². The van der Waals surface area contributed by atoms with Crippen LogP contribution in [-0.4, -0.2) is 34.1 Å². The van der Waals surface area contributed by atoms with E-state index >= 15 is 0 Å². The highest BCUT2D eigenvalue weighted by Gasteiger charge is 2.43. The number of rotatable bonds is 1. The molecule has 3 nitrogen and oxygen atoms in total. The van der Waals surface area contributed by atoms with Gasteiger partial charge in [-0.2, -0.15) is 0 Å². The summed E-state index contributed by atoms with van der Waals surface area (Å²) in [6, 6.07) is 3.07. The first-order chi connectivity index (χ1) is 8.34. The molecule has 1 aliphatic rings. The van der Waals surface area contributed by atoms with Crippen LogP contribution < -0.4 is 0 Å². The van der Waals surface area contributed by atoms with E-state index in [2.05, 4.69) is 0 Å². The normalized spacial score (nSPS) is 22.3. The Morgan fingerprint density at radius 3 is 2.56 bits per heavy atom. The van der Waals surface area contributed by atoms with Crippen LogP contribution in [0.25, 0.3) is 0 Å². The van der Waals surface area contributed by atoms with Crippen molar-refractivity contribution in [3.05, 3.63) is 35.4 Å². The first kappa shape index (κ1) is 13.0. The zero-order valence-corrected chi connectivity index (χ0v) is 10.3. The second kappa shape index (κ2) is 4.31. The molecule has 0 saturated carbocycles. The first-order valence-corrected chi connectivity index (χ1v) is 5.79. The number of aliphatic hydroxyl groups is 1. The van der Waals surface area contributed by atoms with Gasteiger partial charge in [-0.05, 0) is 38.5 Å². The molecule has 0 radical (unpaired) electrons. The molecule has 1 N–H and O–H groups in total. The Balaban J connectivity index is 2.29. The summed E-state index contributed by atoms with van der Waals surface area (Å²) >= 11 is 0. The smallest absolute Gasteiger partial charge is 0.254 e. The summed E-state index contributed by atoms with van der Waals surface area (Å²) in [5.41, 5.74) is -0.599. The molecule has 18 heavy (non-hydrogen) atoms. The molecule has 1 atom stereocenters. The number of halogens is 2. The molecule has 98 valence electrons. The minimum atomic E-state index is -1.04. The molecule has 0 bridgehead atoms. The lowest BCUT2D eigenvalue weighted by Gasteiger charge is -2.33. The third-order valence-electron chi connectivity index (χ3n) is 3.55. The monoisotopic (exact) mass is 255 g/mol. The predicted molar refractivity (Wildman–Crippen MR) is 62.1 cm³/mol. The fraction of sp³-hybridized carbons (Fsp3) is 0.462. The van der Waals surface area contributed by atoms with E-state index in [4.69, 9.17) is 0 Å². The number of hydrogen-bond donors (Lipinski definition) is 1. The van der Waals surface area contributed by atoms with E-state index < -0.39 is 29.2 Å². The maximum absolute atomic E-state index is 13.1. The maximum Gasteiger partial charge on any atom is 0.254 e. The van der Waals surface area contributed by atoms with Gasteiger partial charge in [0, 0.05) is 12.1 Å². The van der Waals surface area contributed by atoms with Crippen molar-refractivity contribution in [1.82, 2.24) is 4.90 Å². The highest BCUT2D eigenvalue weighted by molar-refractivity contribution is 5.95. The Kier molecular flexibility index (Phi) is 3.11. The summed E-state index contributed by atoms with van der Waals surface area (Å²) in [5.74, 6) is -2.42. The lowest BCUT2D eigenvalue weighted by atomic mass is 9.98. The summed E-state index contributed by atoms with van der Waals surface area (Å²) in [6.07, 6.45) is -0.116.